The Morgan fingerprint density at radius 2 is 1.52 bits per heavy atom. The van der Waals surface area contributed by atoms with Gasteiger partial charge in [-0.25, -0.2) is 4.79 Å². The average molecular weight is 389 g/mol. The van der Waals surface area contributed by atoms with E-state index in [9.17, 15) is 19.2 Å². The summed E-state index contributed by atoms with van der Waals surface area (Å²) in [5.74, 6) is -1.80. The molecule has 2 aromatic carbocycles. The molecule has 2 aromatic rings. The molecule has 0 fully saturated rings. The first-order valence-corrected chi connectivity index (χ1v) is 8.26. The number of hydrogen-bond donors (Lipinski definition) is 2. The Morgan fingerprint density at radius 3 is 2.11 bits per heavy atom. The third kappa shape index (κ3) is 5.65. The van der Waals surface area contributed by atoms with Crippen LogP contribution in [0.5, 0.6) is 0 Å². The van der Waals surface area contributed by atoms with E-state index in [2.05, 4.69) is 15.4 Å². The zero-order chi connectivity index (χ0) is 20.0. The number of halogens is 1. The molecule has 27 heavy (non-hydrogen) atoms. The average Bonchev–Trinajstić information content (AvgIpc) is 2.63. The summed E-state index contributed by atoms with van der Waals surface area (Å²) in [5.41, 5.74) is 1.39. The second kappa shape index (κ2) is 8.95. The number of benzene rings is 2. The van der Waals surface area contributed by atoms with Gasteiger partial charge in [-0.15, -0.1) is 0 Å². The van der Waals surface area contributed by atoms with Crippen molar-refractivity contribution in [3.8, 4) is 0 Å². The molecular weight excluding hydrogens is 372 g/mol. The van der Waals surface area contributed by atoms with Crippen molar-refractivity contribution in [2.45, 2.75) is 13.3 Å². The molecule has 7 nitrogen and oxygen atoms in total. The largest absolute Gasteiger partial charge is 0.465 e. The summed E-state index contributed by atoms with van der Waals surface area (Å²) in [5, 5.41) is 5.26. The number of carbonyl (C=O) groups is 4. The van der Waals surface area contributed by atoms with Crippen molar-refractivity contribution in [2.75, 3.05) is 17.7 Å². The molecule has 0 saturated heterocycles. The lowest BCUT2D eigenvalue weighted by atomic mass is 10.1. The maximum absolute atomic E-state index is 12.1. The lowest BCUT2D eigenvalue weighted by Crippen LogP contribution is -2.21. The van der Waals surface area contributed by atoms with Crippen molar-refractivity contribution >= 4 is 46.5 Å². The van der Waals surface area contributed by atoms with Crippen LogP contribution in [-0.2, 0) is 14.3 Å². The highest BCUT2D eigenvalue weighted by Gasteiger charge is 2.14. The number of methoxy groups -OCH3 is 1. The smallest absolute Gasteiger partial charge is 0.337 e. The third-order valence-electron chi connectivity index (χ3n) is 3.56. The second-order valence-corrected chi connectivity index (χ2v) is 6.00. The van der Waals surface area contributed by atoms with Crippen molar-refractivity contribution in [3.63, 3.8) is 0 Å². The van der Waals surface area contributed by atoms with Crippen LogP contribution in [-0.4, -0.2) is 30.7 Å². The van der Waals surface area contributed by atoms with Crippen molar-refractivity contribution in [1.82, 2.24) is 0 Å². The Kier molecular flexibility index (Phi) is 6.67. The fraction of sp³-hybridized carbons (Fsp3) is 0.158. The van der Waals surface area contributed by atoms with Gasteiger partial charge in [0.05, 0.1) is 23.4 Å². The van der Waals surface area contributed by atoms with E-state index in [-0.39, 0.29) is 22.1 Å². The van der Waals surface area contributed by atoms with Crippen LogP contribution in [0, 0.1) is 0 Å². The molecule has 0 bridgehead atoms. The molecular formula is C19H17ClN2O5. The topological polar surface area (TPSA) is 102 Å². The molecule has 0 aromatic heterocycles. The summed E-state index contributed by atoms with van der Waals surface area (Å²) in [6.07, 6.45) is -0.451. The van der Waals surface area contributed by atoms with Crippen LogP contribution in [0.2, 0.25) is 5.02 Å². The van der Waals surface area contributed by atoms with E-state index in [0.717, 1.165) is 0 Å². The number of amides is 2. The molecule has 0 atom stereocenters. The Balaban J connectivity index is 1.98. The maximum atomic E-state index is 12.1. The standard InChI is InChI=1S/C19H17ClN2O5/c1-11(23)12-3-6-14(7-4-12)21-17(24)10-18(25)22-16-9-13(19(26)27-2)5-8-15(16)20/h3-9H,10H2,1-2H3,(H,21,24)(H,22,25). The normalized spacial score (nSPS) is 10.0. The van der Waals surface area contributed by atoms with Gasteiger partial charge in [-0.1, -0.05) is 11.6 Å². The van der Waals surface area contributed by atoms with E-state index < -0.39 is 24.2 Å². The van der Waals surface area contributed by atoms with Gasteiger partial charge in [0.15, 0.2) is 5.78 Å². The molecule has 0 aliphatic carbocycles. The Bertz CT molecular complexity index is 893. The SMILES string of the molecule is COC(=O)c1ccc(Cl)c(NC(=O)CC(=O)Nc2ccc(C(C)=O)cc2)c1. The summed E-state index contributed by atoms with van der Waals surface area (Å²) in [6, 6.07) is 10.6. The Labute approximate surface area is 160 Å². The predicted octanol–water partition coefficient (Wildman–Crippen LogP) is 3.30. The first-order valence-electron chi connectivity index (χ1n) is 7.88. The lowest BCUT2D eigenvalue weighted by molar-refractivity contribution is -0.123. The van der Waals surface area contributed by atoms with Crippen LogP contribution in [0.15, 0.2) is 42.5 Å². The number of anilines is 2. The van der Waals surface area contributed by atoms with Crippen molar-refractivity contribution in [1.29, 1.82) is 0 Å². The lowest BCUT2D eigenvalue weighted by Gasteiger charge is -2.09. The predicted molar refractivity (Wildman–Crippen MR) is 101 cm³/mol. The van der Waals surface area contributed by atoms with Crippen molar-refractivity contribution in [3.05, 3.63) is 58.6 Å². The monoisotopic (exact) mass is 388 g/mol. The maximum Gasteiger partial charge on any atom is 0.337 e. The minimum absolute atomic E-state index is 0.0849. The van der Waals surface area contributed by atoms with Gasteiger partial charge in [0, 0.05) is 11.3 Å². The summed E-state index contributed by atoms with van der Waals surface area (Å²) in [7, 11) is 1.24. The van der Waals surface area contributed by atoms with Crippen LogP contribution in [0.1, 0.15) is 34.1 Å². The zero-order valence-electron chi connectivity index (χ0n) is 14.7. The molecule has 0 heterocycles. The van der Waals surface area contributed by atoms with Crippen molar-refractivity contribution in [2.24, 2.45) is 0 Å². The van der Waals surface area contributed by atoms with E-state index in [1.54, 1.807) is 24.3 Å². The van der Waals surface area contributed by atoms with Crippen LogP contribution < -0.4 is 10.6 Å². The van der Waals surface area contributed by atoms with Gasteiger partial charge in [0.1, 0.15) is 6.42 Å². The summed E-state index contributed by atoms with van der Waals surface area (Å²) in [6.45, 7) is 1.44. The zero-order valence-corrected chi connectivity index (χ0v) is 15.4. The van der Waals surface area contributed by atoms with Gasteiger partial charge in [-0.05, 0) is 49.4 Å². The molecule has 8 heteroatoms. The Hall–Kier alpha value is -3.19. The summed E-state index contributed by atoms with van der Waals surface area (Å²) in [4.78, 5) is 46.8. The minimum atomic E-state index is -0.600. The van der Waals surface area contributed by atoms with E-state index in [0.29, 0.717) is 11.3 Å². The first-order chi connectivity index (χ1) is 12.8. The second-order valence-electron chi connectivity index (χ2n) is 5.59. The Morgan fingerprint density at radius 1 is 0.926 bits per heavy atom. The minimum Gasteiger partial charge on any atom is -0.465 e. The van der Waals surface area contributed by atoms with Crippen LogP contribution >= 0.6 is 11.6 Å². The summed E-state index contributed by atoms with van der Waals surface area (Å²) < 4.78 is 4.61. The number of rotatable bonds is 6. The molecule has 0 saturated carbocycles. The molecule has 2 amide bonds. The van der Waals surface area contributed by atoms with Gasteiger partial charge in [-0.3, -0.25) is 14.4 Å². The third-order valence-corrected chi connectivity index (χ3v) is 3.89. The van der Waals surface area contributed by atoms with Gasteiger partial charge >= 0.3 is 5.97 Å². The number of Topliss-reactive ketones (excluding diaryl/α,β-unsaturated/α-hetero) is 1. The van der Waals surface area contributed by atoms with Crippen LogP contribution in [0.25, 0.3) is 0 Å². The van der Waals surface area contributed by atoms with Gasteiger partial charge in [0.2, 0.25) is 11.8 Å². The first kappa shape index (κ1) is 20.1. The summed E-state index contributed by atoms with van der Waals surface area (Å²) >= 11 is 6.00. The number of esters is 1. The van der Waals surface area contributed by atoms with Crippen LogP contribution in [0.4, 0.5) is 11.4 Å². The molecule has 0 unspecified atom stereocenters. The van der Waals surface area contributed by atoms with Crippen molar-refractivity contribution < 1.29 is 23.9 Å². The van der Waals surface area contributed by atoms with Gasteiger partial charge in [-0.2, -0.15) is 0 Å². The molecule has 0 aliphatic rings. The fourth-order valence-electron chi connectivity index (χ4n) is 2.20. The van der Waals surface area contributed by atoms with E-state index in [1.165, 1.54) is 32.2 Å². The number of nitrogens with one attached hydrogen (secondary N) is 2. The highest BCUT2D eigenvalue weighted by Crippen LogP contribution is 2.23. The van der Waals surface area contributed by atoms with E-state index in [1.807, 2.05) is 0 Å². The molecule has 2 N–H and O–H groups in total. The quantitative estimate of drug-likeness (QED) is 0.449. The van der Waals surface area contributed by atoms with Gasteiger partial charge < -0.3 is 15.4 Å². The molecule has 2 rings (SSSR count). The number of ketones is 1. The van der Waals surface area contributed by atoms with Crippen LogP contribution in [0.3, 0.4) is 0 Å². The number of carbonyl (C=O) groups excluding carboxylic acids is 4. The highest BCUT2D eigenvalue weighted by atomic mass is 35.5. The van der Waals surface area contributed by atoms with E-state index >= 15 is 0 Å². The molecule has 140 valence electrons. The molecule has 0 spiro atoms. The molecule has 0 radical (unpaired) electrons. The highest BCUT2D eigenvalue weighted by molar-refractivity contribution is 6.34. The van der Waals surface area contributed by atoms with E-state index in [4.69, 9.17) is 11.6 Å². The fourth-order valence-corrected chi connectivity index (χ4v) is 2.36. The number of ether oxygens (including phenoxy) is 1. The van der Waals surface area contributed by atoms with Gasteiger partial charge in [0.25, 0.3) is 0 Å². The number of hydrogen-bond acceptors (Lipinski definition) is 5. The molecule has 0 aliphatic heterocycles.